The summed E-state index contributed by atoms with van der Waals surface area (Å²) in [5, 5.41) is 20.8. The first-order valence-corrected chi connectivity index (χ1v) is 10.1. The number of benzene rings is 1. The van der Waals surface area contributed by atoms with Crippen molar-refractivity contribution in [1.29, 1.82) is 10.5 Å². The summed E-state index contributed by atoms with van der Waals surface area (Å²) in [6.45, 7) is 2.08. The van der Waals surface area contributed by atoms with Gasteiger partial charge in [-0.1, -0.05) is 19.1 Å². The van der Waals surface area contributed by atoms with Crippen molar-refractivity contribution in [2.24, 2.45) is 5.92 Å². The number of nitrogens with one attached hydrogen (secondary N) is 1. The van der Waals surface area contributed by atoms with Gasteiger partial charge < -0.3 is 10.1 Å². The predicted molar refractivity (Wildman–Crippen MR) is 107 cm³/mol. The van der Waals surface area contributed by atoms with E-state index in [1.165, 1.54) is 13.0 Å². The number of nitriles is 2. The average Bonchev–Trinajstić information content (AvgIpc) is 2.70. The van der Waals surface area contributed by atoms with Gasteiger partial charge in [-0.15, -0.1) is 0 Å². The van der Waals surface area contributed by atoms with E-state index in [2.05, 4.69) is 5.32 Å². The third-order valence-corrected chi connectivity index (χ3v) is 5.36. The Kier molecular flexibility index (Phi) is 7.75. The number of allylic oxidation sites excluding steroid dienone is 3. The van der Waals surface area contributed by atoms with Crippen LogP contribution in [-0.4, -0.2) is 23.6 Å². The molecule has 1 aliphatic carbocycles. The molecule has 0 aliphatic heterocycles. The molecule has 1 aromatic rings. The van der Waals surface area contributed by atoms with E-state index in [-0.39, 0.29) is 34.2 Å². The van der Waals surface area contributed by atoms with Gasteiger partial charge in [0.1, 0.15) is 12.4 Å². The average molecular weight is 489 g/mol. The summed E-state index contributed by atoms with van der Waals surface area (Å²) in [7, 11) is 0. The molecule has 1 amide bonds. The molecule has 2 atom stereocenters. The molecule has 0 fully saturated rings. The fraction of sp³-hybridized carbons (Fsp3) is 0.381. The van der Waals surface area contributed by atoms with Gasteiger partial charge >= 0.3 is 11.7 Å². The van der Waals surface area contributed by atoms with Crippen LogP contribution in [0.15, 0.2) is 40.8 Å². The van der Waals surface area contributed by atoms with Crippen LogP contribution in [0.3, 0.4) is 0 Å². The number of ether oxygens (including phenoxy) is 1. The standard InChI is InChI=1S/C21H17F6N3O2S/c1-12-7-14(33-21(25,26)27)4-5-15(12)18(31)30-19(2,10-29)11-32-17-8-13(9-28)3-6-16(17)20(22,23)24/h3-6,8,12H,7,11H2,1-2H3,(H,30,31). The Labute approximate surface area is 189 Å². The highest BCUT2D eigenvalue weighted by Gasteiger charge is 2.37. The minimum Gasteiger partial charge on any atom is -0.489 e. The lowest BCUT2D eigenvalue weighted by atomic mass is 9.91. The fourth-order valence-electron chi connectivity index (χ4n) is 2.94. The molecule has 1 N–H and O–H groups in total. The highest BCUT2D eigenvalue weighted by molar-refractivity contribution is 8.03. The van der Waals surface area contributed by atoms with Gasteiger partial charge in [-0.3, -0.25) is 4.79 Å². The molecule has 2 unspecified atom stereocenters. The van der Waals surface area contributed by atoms with E-state index in [4.69, 9.17) is 10.00 Å². The molecular formula is C21H17F6N3O2S. The molecular weight excluding hydrogens is 472 g/mol. The Morgan fingerprint density at radius 3 is 2.39 bits per heavy atom. The van der Waals surface area contributed by atoms with Crippen LogP contribution in [0.4, 0.5) is 26.3 Å². The van der Waals surface area contributed by atoms with Crippen molar-refractivity contribution in [3.63, 3.8) is 0 Å². The van der Waals surface area contributed by atoms with Crippen molar-refractivity contribution < 1.29 is 35.9 Å². The zero-order chi connectivity index (χ0) is 25.0. The van der Waals surface area contributed by atoms with E-state index >= 15 is 0 Å². The van der Waals surface area contributed by atoms with Gasteiger partial charge in [0.05, 0.1) is 23.3 Å². The van der Waals surface area contributed by atoms with E-state index in [0.717, 1.165) is 18.2 Å². The lowest BCUT2D eigenvalue weighted by Crippen LogP contribution is -2.50. The zero-order valence-corrected chi connectivity index (χ0v) is 18.1. The van der Waals surface area contributed by atoms with Crippen molar-refractivity contribution in [2.75, 3.05) is 6.61 Å². The topological polar surface area (TPSA) is 85.9 Å². The van der Waals surface area contributed by atoms with Crippen LogP contribution >= 0.6 is 11.8 Å². The predicted octanol–water partition coefficient (Wildman–Crippen LogP) is 5.46. The third-order valence-electron chi connectivity index (χ3n) is 4.56. The number of hydrogen-bond donors (Lipinski definition) is 1. The lowest BCUT2D eigenvalue weighted by Gasteiger charge is -2.27. The molecule has 0 bridgehead atoms. The largest absolute Gasteiger partial charge is 0.489 e. The molecule has 2 rings (SSSR count). The molecule has 0 heterocycles. The van der Waals surface area contributed by atoms with Gasteiger partial charge in [-0.05, 0) is 54.1 Å². The molecule has 5 nitrogen and oxygen atoms in total. The smallest absolute Gasteiger partial charge is 0.446 e. The maximum absolute atomic E-state index is 13.2. The molecule has 12 heteroatoms. The number of thioether (sulfide) groups is 1. The Bertz CT molecular complexity index is 1070. The number of hydrogen-bond acceptors (Lipinski definition) is 5. The van der Waals surface area contributed by atoms with E-state index < -0.39 is 47.0 Å². The number of rotatable bonds is 6. The van der Waals surface area contributed by atoms with Gasteiger partial charge in [0.2, 0.25) is 5.91 Å². The highest BCUT2D eigenvalue weighted by Crippen LogP contribution is 2.42. The first-order chi connectivity index (χ1) is 15.2. The number of alkyl halides is 6. The van der Waals surface area contributed by atoms with E-state index in [1.54, 1.807) is 19.1 Å². The quantitative estimate of drug-likeness (QED) is 0.537. The fourth-order valence-corrected chi connectivity index (χ4v) is 3.70. The van der Waals surface area contributed by atoms with Gasteiger partial charge in [0.25, 0.3) is 0 Å². The van der Waals surface area contributed by atoms with Crippen LogP contribution in [0, 0.1) is 28.6 Å². The molecule has 0 aromatic heterocycles. The van der Waals surface area contributed by atoms with Crippen molar-refractivity contribution in [1.82, 2.24) is 5.32 Å². The normalized spacial score (nSPS) is 18.2. The second kappa shape index (κ2) is 9.79. The van der Waals surface area contributed by atoms with Crippen molar-refractivity contribution in [3.05, 3.63) is 52.0 Å². The number of nitrogens with zero attached hydrogens (tertiary/aromatic N) is 2. The Morgan fingerprint density at radius 1 is 1.21 bits per heavy atom. The van der Waals surface area contributed by atoms with Crippen LogP contribution in [-0.2, 0) is 11.0 Å². The van der Waals surface area contributed by atoms with Crippen molar-refractivity contribution in [3.8, 4) is 17.9 Å². The summed E-state index contributed by atoms with van der Waals surface area (Å²) in [5.74, 6) is -2.03. The summed E-state index contributed by atoms with van der Waals surface area (Å²) < 4.78 is 82.5. The number of amides is 1. The molecule has 0 saturated heterocycles. The summed E-state index contributed by atoms with van der Waals surface area (Å²) in [5.41, 5.74) is -7.37. The first kappa shape index (κ1) is 26.1. The molecule has 33 heavy (non-hydrogen) atoms. The van der Waals surface area contributed by atoms with Gasteiger partial charge in [0, 0.05) is 5.57 Å². The van der Waals surface area contributed by atoms with E-state index in [1.807, 2.05) is 0 Å². The van der Waals surface area contributed by atoms with Gasteiger partial charge in [-0.2, -0.15) is 36.9 Å². The minimum atomic E-state index is -4.78. The summed E-state index contributed by atoms with van der Waals surface area (Å²) in [6.07, 6.45) is -2.44. The molecule has 0 radical (unpaired) electrons. The lowest BCUT2D eigenvalue weighted by molar-refractivity contribution is -0.139. The second-order valence-electron chi connectivity index (χ2n) is 7.42. The highest BCUT2D eigenvalue weighted by atomic mass is 32.2. The Hall–Kier alpha value is -3.12. The molecule has 1 aromatic carbocycles. The van der Waals surface area contributed by atoms with Crippen LogP contribution in [0.25, 0.3) is 0 Å². The maximum atomic E-state index is 13.2. The summed E-state index contributed by atoms with van der Waals surface area (Å²) in [6, 6.07) is 5.97. The van der Waals surface area contributed by atoms with Crippen LogP contribution in [0.5, 0.6) is 5.75 Å². The monoisotopic (exact) mass is 489 g/mol. The minimum absolute atomic E-state index is 0.0231. The number of halogens is 6. The zero-order valence-electron chi connectivity index (χ0n) is 17.3. The van der Waals surface area contributed by atoms with Crippen LogP contribution in [0.1, 0.15) is 31.4 Å². The Morgan fingerprint density at radius 2 is 1.88 bits per heavy atom. The number of carbonyl (C=O) groups is 1. The maximum Gasteiger partial charge on any atom is 0.446 e. The molecule has 1 aliphatic rings. The third kappa shape index (κ3) is 7.19. The second-order valence-corrected chi connectivity index (χ2v) is 8.61. The Balaban J connectivity index is 2.18. The van der Waals surface area contributed by atoms with Gasteiger partial charge in [-0.25, -0.2) is 0 Å². The van der Waals surface area contributed by atoms with Crippen LogP contribution in [0.2, 0.25) is 0 Å². The van der Waals surface area contributed by atoms with E-state index in [9.17, 15) is 36.4 Å². The first-order valence-electron chi connectivity index (χ1n) is 9.32. The van der Waals surface area contributed by atoms with E-state index in [0.29, 0.717) is 6.07 Å². The number of carbonyl (C=O) groups excluding carboxylic acids is 1. The van der Waals surface area contributed by atoms with Crippen LogP contribution < -0.4 is 10.1 Å². The SMILES string of the molecule is CC1CC(SC(F)(F)F)=CC=C1C(=O)NC(C)(C#N)COc1cc(C#N)ccc1C(F)(F)F. The summed E-state index contributed by atoms with van der Waals surface area (Å²) >= 11 is -0.278. The summed E-state index contributed by atoms with van der Waals surface area (Å²) in [4.78, 5) is 12.7. The molecule has 176 valence electrons. The molecule has 0 spiro atoms. The van der Waals surface area contributed by atoms with Gasteiger partial charge in [0.15, 0.2) is 5.54 Å². The molecule has 0 saturated carbocycles. The van der Waals surface area contributed by atoms with Crippen molar-refractivity contribution >= 4 is 17.7 Å². The van der Waals surface area contributed by atoms with Crippen molar-refractivity contribution in [2.45, 2.75) is 37.5 Å².